The van der Waals surface area contributed by atoms with E-state index in [0.717, 1.165) is 5.57 Å². The number of nitrogens with one attached hydrogen (secondary N) is 1. The van der Waals surface area contributed by atoms with E-state index in [4.69, 9.17) is 4.74 Å². The van der Waals surface area contributed by atoms with E-state index < -0.39 is 17.3 Å². The summed E-state index contributed by atoms with van der Waals surface area (Å²) >= 11 is 0. The fourth-order valence-electron chi connectivity index (χ4n) is 2.84. The number of hydrogen-bond acceptors (Lipinski definition) is 4. The molecule has 1 fully saturated rings. The lowest BCUT2D eigenvalue weighted by Crippen LogP contribution is -2.42. The summed E-state index contributed by atoms with van der Waals surface area (Å²) in [6.07, 6.45) is 6.84. The van der Waals surface area contributed by atoms with Crippen LogP contribution in [-0.4, -0.2) is 44.4 Å². The molecule has 132 valence electrons. The number of aromatic nitrogens is 1. The summed E-state index contributed by atoms with van der Waals surface area (Å²) in [6, 6.07) is 3.49. The van der Waals surface area contributed by atoms with E-state index in [1.165, 1.54) is 6.08 Å². The fraction of sp³-hybridized carbons (Fsp3) is 0.526. The van der Waals surface area contributed by atoms with Crippen molar-refractivity contribution in [2.75, 3.05) is 0 Å². The number of allylic oxidation sites excluding steroid dienone is 3. The first kappa shape index (κ1) is 18.6. The number of hydrogen-bond donors (Lipinski definition) is 3. The average molecular weight is 333 g/mol. The van der Waals surface area contributed by atoms with Gasteiger partial charge >= 0.3 is 0 Å². The summed E-state index contributed by atoms with van der Waals surface area (Å²) in [5.41, 5.74) is -0.388. The third-order valence-corrected chi connectivity index (χ3v) is 4.49. The summed E-state index contributed by atoms with van der Waals surface area (Å²) in [5, 5.41) is 20.5. The van der Waals surface area contributed by atoms with Crippen LogP contribution in [0.15, 0.2) is 42.1 Å². The number of aromatic amines is 1. The molecule has 0 aromatic carbocycles. The summed E-state index contributed by atoms with van der Waals surface area (Å²) < 4.78 is 5.90. The van der Waals surface area contributed by atoms with E-state index in [2.05, 4.69) is 4.98 Å². The van der Waals surface area contributed by atoms with Crippen LogP contribution >= 0.6 is 0 Å². The van der Waals surface area contributed by atoms with E-state index in [1.807, 2.05) is 13.8 Å². The van der Waals surface area contributed by atoms with E-state index in [-0.39, 0.29) is 11.9 Å². The molecule has 1 saturated heterocycles. The van der Waals surface area contributed by atoms with Crippen molar-refractivity contribution < 1.29 is 19.7 Å². The van der Waals surface area contributed by atoms with Crippen molar-refractivity contribution in [3.8, 4) is 0 Å². The average Bonchev–Trinajstić information content (AvgIpc) is 3.14. The van der Waals surface area contributed by atoms with Crippen molar-refractivity contribution in [2.45, 2.75) is 63.9 Å². The minimum atomic E-state index is -0.931. The molecule has 2 heterocycles. The van der Waals surface area contributed by atoms with Gasteiger partial charge < -0.3 is 19.9 Å². The number of rotatable bonds is 6. The van der Waals surface area contributed by atoms with Gasteiger partial charge in [0.15, 0.2) is 0 Å². The van der Waals surface area contributed by atoms with Gasteiger partial charge in [-0.1, -0.05) is 12.2 Å². The van der Waals surface area contributed by atoms with Crippen molar-refractivity contribution >= 4 is 5.78 Å². The van der Waals surface area contributed by atoms with Crippen molar-refractivity contribution in [1.82, 2.24) is 4.98 Å². The second kappa shape index (κ2) is 7.05. The second-order valence-electron chi connectivity index (χ2n) is 7.25. The van der Waals surface area contributed by atoms with E-state index in [9.17, 15) is 15.0 Å². The van der Waals surface area contributed by atoms with Gasteiger partial charge in [0.25, 0.3) is 0 Å². The van der Waals surface area contributed by atoms with E-state index >= 15 is 0 Å². The number of ketones is 1. The van der Waals surface area contributed by atoms with Crippen LogP contribution in [0.25, 0.3) is 0 Å². The van der Waals surface area contributed by atoms with Gasteiger partial charge in [-0.15, -0.1) is 0 Å². The highest BCUT2D eigenvalue weighted by Crippen LogP contribution is 2.37. The van der Waals surface area contributed by atoms with Crippen LogP contribution in [0.2, 0.25) is 0 Å². The number of H-pyrrole nitrogens is 1. The zero-order valence-electron chi connectivity index (χ0n) is 14.7. The predicted octanol–water partition coefficient (Wildman–Crippen LogP) is 2.77. The number of carbonyl (C=O) groups is 1. The molecule has 0 amide bonds. The smallest absolute Gasteiger partial charge is 0.202 e. The Morgan fingerprint density at radius 3 is 2.79 bits per heavy atom. The van der Waals surface area contributed by atoms with Crippen molar-refractivity contribution in [3.63, 3.8) is 0 Å². The first-order valence-corrected chi connectivity index (χ1v) is 8.24. The fourth-order valence-corrected chi connectivity index (χ4v) is 2.84. The van der Waals surface area contributed by atoms with E-state index in [1.54, 1.807) is 44.3 Å². The summed E-state index contributed by atoms with van der Waals surface area (Å²) in [4.78, 5) is 14.8. The molecule has 0 aliphatic carbocycles. The topological polar surface area (TPSA) is 82.6 Å². The Balaban J connectivity index is 1.99. The molecule has 3 atom stereocenters. The molecule has 3 unspecified atom stereocenters. The number of ether oxygens (including phenoxy) is 1. The monoisotopic (exact) mass is 333 g/mol. The Kier molecular flexibility index (Phi) is 5.48. The number of aliphatic hydroxyl groups excluding tert-OH is 1. The Morgan fingerprint density at radius 2 is 2.25 bits per heavy atom. The molecule has 1 aliphatic heterocycles. The van der Waals surface area contributed by atoms with Crippen LogP contribution in [0.1, 0.15) is 51.0 Å². The number of aliphatic hydroxyl groups is 2. The minimum Gasteiger partial charge on any atom is -0.388 e. The maximum atomic E-state index is 12.0. The maximum Gasteiger partial charge on any atom is 0.202 e. The van der Waals surface area contributed by atoms with Crippen LogP contribution in [0.3, 0.4) is 0 Å². The Hall–Kier alpha value is -1.69. The molecule has 5 nitrogen and oxygen atoms in total. The van der Waals surface area contributed by atoms with Crippen LogP contribution in [0.5, 0.6) is 0 Å². The molecule has 3 N–H and O–H groups in total. The normalized spacial score (nSPS) is 26.9. The first-order chi connectivity index (χ1) is 11.1. The lowest BCUT2D eigenvalue weighted by atomic mass is 9.93. The molecular formula is C19H27NO4. The van der Waals surface area contributed by atoms with Gasteiger partial charge in [0.2, 0.25) is 5.78 Å². The lowest BCUT2D eigenvalue weighted by molar-refractivity contribution is -0.143. The van der Waals surface area contributed by atoms with Gasteiger partial charge in [0, 0.05) is 6.20 Å². The third-order valence-electron chi connectivity index (χ3n) is 4.49. The first-order valence-electron chi connectivity index (χ1n) is 8.24. The van der Waals surface area contributed by atoms with Gasteiger partial charge in [0.05, 0.1) is 23.0 Å². The summed E-state index contributed by atoms with van der Waals surface area (Å²) in [7, 11) is 0. The van der Waals surface area contributed by atoms with Gasteiger partial charge in [-0.2, -0.15) is 0 Å². The lowest BCUT2D eigenvalue weighted by Gasteiger charge is -2.32. The number of carbonyl (C=O) groups excluding carboxylic acids is 1. The molecule has 0 spiro atoms. The molecule has 1 aromatic heterocycles. The molecular weight excluding hydrogens is 306 g/mol. The Morgan fingerprint density at radius 1 is 1.54 bits per heavy atom. The van der Waals surface area contributed by atoms with E-state index in [0.29, 0.717) is 18.5 Å². The van der Waals surface area contributed by atoms with Crippen LogP contribution in [-0.2, 0) is 4.74 Å². The molecule has 0 saturated carbocycles. The molecule has 5 heteroatoms. The second-order valence-corrected chi connectivity index (χ2v) is 7.25. The van der Waals surface area contributed by atoms with Gasteiger partial charge in [-0.25, -0.2) is 0 Å². The van der Waals surface area contributed by atoms with Crippen molar-refractivity contribution in [3.05, 3.63) is 47.8 Å². The molecule has 1 aromatic rings. The summed E-state index contributed by atoms with van der Waals surface area (Å²) in [5.74, 6) is -0.109. The minimum absolute atomic E-state index is 0.109. The van der Waals surface area contributed by atoms with Crippen LogP contribution in [0, 0.1) is 0 Å². The molecule has 2 rings (SSSR count). The highest BCUT2D eigenvalue weighted by molar-refractivity contribution is 6.03. The molecule has 1 aliphatic rings. The molecule has 0 radical (unpaired) electrons. The van der Waals surface area contributed by atoms with Gasteiger partial charge in [-0.05, 0) is 64.3 Å². The zero-order valence-corrected chi connectivity index (χ0v) is 14.7. The van der Waals surface area contributed by atoms with Crippen LogP contribution < -0.4 is 0 Å². The summed E-state index contributed by atoms with van der Waals surface area (Å²) in [6.45, 7) is 7.08. The van der Waals surface area contributed by atoms with Gasteiger partial charge in [0.1, 0.15) is 6.10 Å². The Bertz CT molecular complexity index is 624. The van der Waals surface area contributed by atoms with Crippen molar-refractivity contribution in [2.24, 2.45) is 0 Å². The standard InChI is InChI=1S/C19H27NO4/c1-13(12-15(21)14-6-5-11-20-14)7-8-16(22)19(4)10-9-17(24-19)18(2,3)23/h5-8,11-12,16-17,20,22-23H,9-10H2,1-4H3/b8-7+,13-12-. The highest BCUT2D eigenvalue weighted by atomic mass is 16.5. The van der Waals surface area contributed by atoms with Crippen molar-refractivity contribution in [1.29, 1.82) is 0 Å². The highest BCUT2D eigenvalue weighted by Gasteiger charge is 2.45. The van der Waals surface area contributed by atoms with Crippen LogP contribution in [0.4, 0.5) is 0 Å². The quantitative estimate of drug-likeness (QED) is 0.425. The molecule has 24 heavy (non-hydrogen) atoms. The van der Waals surface area contributed by atoms with Gasteiger partial charge in [-0.3, -0.25) is 4.79 Å². The Labute approximate surface area is 143 Å². The predicted molar refractivity (Wildman–Crippen MR) is 92.8 cm³/mol. The largest absolute Gasteiger partial charge is 0.388 e. The molecule has 0 bridgehead atoms. The SMILES string of the molecule is CC(=C/C(=O)c1ccc[nH]1)/C=C/C(O)C1(C)CCC(C(C)(C)O)O1. The zero-order chi connectivity index (χ0) is 18.0. The third kappa shape index (κ3) is 4.44. The maximum absolute atomic E-state index is 12.0.